The Hall–Kier alpha value is -1.95. The van der Waals surface area contributed by atoms with Gasteiger partial charge in [-0.05, 0) is 30.3 Å². The molecule has 0 unspecified atom stereocenters. The number of ether oxygens (including phenoxy) is 2. The number of aliphatic hydroxyl groups excluding tert-OH is 1. The summed E-state index contributed by atoms with van der Waals surface area (Å²) in [7, 11) is 1.61. The highest BCUT2D eigenvalue weighted by molar-refractivity contribution is 6.30. The van der Waals surface area contributed by atoms with E-state index in [0.717, 1.165) is 36.9 Å². The summed E-state index contributed by atoms with van der Waals surface area (Å²) in [5.41, 5.74) is 1.15. The lowest BCUT2D eigenvalue weighted by atomic mass is 10.2. The van der Waals surface area contributed by atoms with Gasteiger partial charge in [0.05, 0.1) is 7.11 Å². The fourth-order valence-electron chi connectivity index (χ4n) is 3.14. The third kappa shape index (κ3) is 5.04. The lowest BCUT2D eigenvalue weighted by molar-refractivity contribution is 0.0653. The van der Waals surface area contributed by atoms with Gasteiger partial charge in [0.15, 0.2) is 11.5 Å². The molecule has 1 aliphatic heterocycles. The first-order valence-corrected chi connectivity index (χ1v) is 9.20. The van der Waals surface area contributed by atoms with Crippen LogP contribution >= 0.6 is 11.6 Å². The van der Waals surface area contributed by atoms with Crippen molar-refractivity contribution in [2.75, 3.05) is 51.3 Å². The van der Waals surface area contributed by atoms with Crippen LogP contribution in [0.15, 0.2) is 48.5 Å². The summed E-state index contributed by atoms with van der Waals surface area (Å²) in [5, 5.41) is 11.1. The van der Waals surface area contributed by atoms with Crippen molar-refractivity contribution < 1.29 is 14.6 Å². The third-order valence-electron chi connectivity index (χ3n) is 4.51. The Morgan fingerprint density at radius 1 is 1.04 bits per heavy atom. The smallest absolute Gasteiger partial charge is 0.161 e. The molecule has 0 aliphatic carbocycles. The minimum Gasteiger partial charge on any atom is -0.493 e. The van der Waals surface area contributed by atoms with Gasteiger partial charge in [0.1, 0.15) is 12.7 Å². The first-order valence-electron chi connectivity index (χ1n) is 8.82. The summed E-state index contributed by atoms with van der Waals surface area (Å²) in [6.45, 7) is 4.48. The number of hydrogen-bond acceptors (Lipinski definition) is 5. The summed E-state index contributed by atoms with van der Waals surface area (Å²) in [6.07, 6.45) is -0.544. The summed E-state index contributed by atoms with van der Waals surface area (Å²) in [6, 6.07) is 15.4. The second-order valence-electron chi connectivity index (χ2n) is 6.38. The number of nitrogens with zero attached hydrogens (tertiary/aromatic N) is 2. The molecule has 1 atom stereocenters. The van der Waals surface area contributed by atoms with Crippen molar-refractivity contribution >= 4 is 17.3 Å². The van der Waals surface area contributed by atoms with E-state index in [1.54, 1.807) is 7.11 Å². The number of halogens is 1. The van der Waals surface area contributed by atoms with E-state index >= 15 is 0 Å². The number of β-amino-alcohol motifs (C(OH)–C–C–N with tert-alkyl or cyclic N) is 1. The number of methoxy groups -OCH3 is 1. The minimum absolute atomic E-state index is 0.245. The van der Waals surface area contributed by atoms with E-state index in [1.807, 2.05) is 42.5 Å². The molecule has 1 aliphatic rings. The number of piperazine rings is 1. The second-order valence-corrected chi connectivity index (χ2v) is 6.82. The van der Waals surface area contributed by atoms with Crippen LogP contribution in [0.25, 0.3) is 0 Å². The molecule has 1 saturated heterocycles. The molecule has 0 saturated carbocycles. The fraction of sp³-hybridized carbons (Fsp3) is 0.400. The molecule has 3 rings (SSSR count). The zero-order valence-corrected chi connectivity index (χ0v) is 15.7. The first kappa shape index (κ1) is 18.8. The average molecular weight is 377 g/mol. The third-order valence-corrected chi connectivity index (χ3v) is 4.75. The van der Waals surface area contributed by atoms with Crippen molar-refractivity contribution in [3.8, 4) is 11.5 Å². The summed E-state index contributed by atoms with van der Waals surface area (Å²) < 4.78 is 11.0. The fourth-order valence-corrected chi connectivity index (χ4v) is 3.32. The van der Waals surface area contributed by atoms with Crippen LogP contribution in [0.1, 0.15) is 0 Å². The molecule has 2 aromatic rings. The average Bonchev–Trinajstić information content (AvgIpc) is 2.67. The molecule has 140 valence electrons. The van der Waals surface area contributed by atoms with Gasteiger partial charge in [0.2, 0.25) is 0 Å². The van der Waals surface area contributed by atoms with Crippen LogP contribution in [0.4, 0.5) is 5.69 Å². The predicted molar refractivity (Wildman–Crippen MR) is 105 cm³/mol. The van der Waals surface area contributed by atoms with Gasteiger partial charge >= 0.3 is 0 Å². The van der Waals surface area contributed by atoms with Crippen molar-refractivity contribution in [3.63, 3.8) is 0 Å². The van der Waals surface area contributed by atoms with Crippen molar-refractivity contribution in [3.05, 3.63) is 53.6 Å². The van der Waals surface area contributed by atoms with E-state index in [1.165, 1.54) is 0 Å². The van der Waals surface area contributed by atoms with Crippen molar-refractivity contribution in [2.45, 2.75) is 6.10 Å². The van der Waals surface area contributed by atoms with E-state index in [2.05, 4.69) is 15.9 Å². The van der Waals surface area contributed by atoms with Crippen LogP contribution in [0.5, 0.6) is 11.5 Å². The number of rotatable bonds is 7. The van der Waals surface area contributed by atoms with Gasteiger partial charge in [-0.25, -0.2) is 0 Å². The standard InChI is InChI=1S/C20H25ClN2O3/c1-25-19-7-2-3-8-20(19)26-15-18(24)14-22-9-11-23(12-10-22)17-6-4-5-16(21)13-17/h2-8,13,18,24H,9-12,14-15H2,1H3/t18-/m1/s1. The van der Waals surface area contributed by atoms with Crippen LogP contribution in [-0.4, -0.2) is 62.6 Å². The summed E-state index contributed by atoms with van der Waals surface area (Å²) in [4.78, 5) is 4.58. The minimum atomic E-state index is -0.544. The Balaban J connectivity index is 1.44. The first-order chi connectivity index (χ1) is 12.7. The van der Waals surface area contributed by atoms with Gasteiger partial charge in [0.25, 0.3) is 0 Å². The molecular formula is C20H25ClN2O3. The lowest BCUT2D eigenvalue weighted by Gasteiger charge is -2.36. The number of para-hydroxylation sites is 2. The Morgan fingerprint density at radius 3 is 2.46 bits per heavy atom. The molecule has 2 aromatic carbocycles. The largest absolute Gasteiger partial charge is 0.493 e. The Labute approximate surface area is 159 Å². The van der Waals surface area contributed by atoms with Crippen LogP contribution < -0.4 is 14.4 Å². The second kappa shape index (κ2) is 9.12. The summed E-state index contributed by atoms with van der Waals surface area (Å²) >= 11 is 6.08. The zero-order valence-electron chi connectivity index (χ0n) is 15.0. The van der Waals surface area contributed by atoms with Crippen molar-refractivity contribution in [1.82, 2.24) is 4.90 Å². The highest BCUT2D eigenvalue weighted by Gasteiger charge is 2.20. The lowest BCUT2D eigenvalue weighted by Crippen LogP contribution is -2.49. The Morgan fingerprint density at radius 2 is 1.77 bits per heavy atom. The van der Waals surface area contributed by atoms with Gasteiger partial charge in [-0.3, -0.25) is 4.90 Å². The molecular weight excluding hydrogens is 352 g/mol. The zero-order chi connectivity index (χ0) is 18.4. The molecule has 1 heterocycles. The molecule has 0 bridgehead atoms. The van der Waals surface area contributed by atoms with Crippen molar-refractivity contribution in [1.29, 1.82) is 0 Å². The molecule has 1 fully saturated rings. The molecule has 1 N–H and O–H groups in total. The molecule has 5 nitrogen and oxygen atoms in total. The number of aliphatic hydroxyl groups is 1. The van der Waals surface area contributed by atoms with Gasteiger partial charge in [0, 0.05) is 43.4 Å². The van der Waals surface area contributed by atoms with E-state index in [4.69, 9.17) is 21.1 Å². The quantitative estimate of drug-likeness (QED) is 0.805. The maximum atomic E-state index is 10.3. The summed E-state index contributed by atoms with van der Waals surface area (Å²) in [5.74, 6) is 1.33. The Kier molecular flexibility index (Phi) is 6.61. The number of benzene rings is 2. The van der Waals surface area contributed by atoms with E-state index in [9.17, 15) is 5.11 Å². The number of anilines is 1. The van der Waals surface area contributed by atoms with E-state index in [0.29, 0.717) is 18.0 Å². The van der Waals surface area contributed by atoms with Gasteiger partial charge in [-0.2, -0.15) is 0 Å². The van der Waals surface area contributed by atoms with Gasteiger partial charge in [-0.15, -0.1) is 0 Å². The predicted octanol–water partition coefficient (Wildman–Crippen LogP) is 2.91. The molecule has 0 aromatic heterocycles. The topological polar surface area (TPSA) is 45.2 Å². The molecule has 0 spiro atoms. The highest BCUT2D eigenvalue weighted by atomic mass is 35.5. The van der Waals surface area contributed by atoms with Crippen LogP contribution in [0, 0.1) is 0 Å². The van der Waals surface area contributed by atoms with Crippen LogP contribution in [0.2, 0.25) is 5.02 Å². The maximum Gasteiger partial charge on any atom is 0.161 e. The normalized spacial score (nSPS) is 16.3. The SMILES string of the molecule is COc1ccccc1OC[C@H](O)CN1CCN(c2cccc(Cl)c2)CC1. The monoisotopic (exact) mass is 376 g/mol. The maximum absolute atomic E-state index is 10.3. The number of hydrogen-bond donors (Lipinski definition) is 1. The van der Waals surface area contributed by atoms with Gasteiger partial charge in [-0.1, -0.05) is 29.8 Å². The van der Waals surface area contributed by atoms with Crippen LogP contribution in [-0.2, 0) is 0 Å². The molecule has 0 amide bonds. The molecule has 26 heavy (non-hydrogen) atoms. The highest BCUT2D eigenvalue weighted by Crippen LogP contribution is 2.26. The van der Waals surface area contributed by atoms with Crippen LogP contribution in [0.3, 0.4) is 0 Å². The molecule has 6 heteroatoms. The molecule has 0 radical (unpaired) electrons. The van der Waals surface area contributed by atoms with E-state index in [-0.39, 0.29) is 6.61 Å². The van der Waals surface area contributed by atoms with Gasteiger partial charge < -0.3 is 19.5 Å². The van der Waals surface area contributed by atoms with E-state index < -0.39 is 6.10 Å². The Bertz CT molecular complexity index is 705. The van der Waals surface area contributed by atoms with Crippen molar-refractivity contribution in [2.24, 2.45) is 0 Å².